The molecule has 0 heterocycles. The van der Waals surface area contributed by atoms with Crippen molar-refractivity contribution >= 4 is 0 Å². The van der Waals surface area contributed by atoms with Gasteiger partial charge in [-0.3, -0.25) is 0 Å². The smallest absolute Gasteiger partial charge is 0.00771 e. The first-order chi connectivity index (χ1) is 6.31. The van der Waals surface area contributed by atoms with Gasteiger partial charge in [-0.05, 0) is 37.5 Å². The van der Waals surface area contributed by atoms with E-state index in [1.165, 1.54) is 12.8 Å². The third-order valence-electron chi connectivity index (χ3n) is 3.58. The fourth-order valence-electron chi connectivity index (χ4n) is 2.86. The van der Waals surface area contributed by atoms with Crippen molar-refractivity contribution in [3.05, 3.63) is 12.2 Å². The van der Waals surface area contributed by atoms with Gasteiger partial charge in [-0.25, -0.2) is 0 Å². The molecule has 3 N–H and O–H groups in total. The maximum absolute atomic E-state index is 5.47. The van der Waals surface area contributed by atoms with Crippen molar-refractivity contribution in [3.63, 3.8) is 0 Å². The second-order valence-electron chi connectivity index (χ2n) is 4.48. The highest BCUT2D eigenvalue weighted by Crippen LogP contribution is 2.44. The molecule has 4 atom stereocenters. The fourth-order valence-corrected chi connectivity index (χ4v) is 2.86. The molecule has 1 saturated carbocycles. The summed E-state index contributed by atoms with van der Waals surface area (Å²) in [6.45, 7) is 4.01. The minimum Gasteiger partial charge on any atom is -0.329 e. The van der Waals surface area contributed by atoms with Crippen molar-refractivity contribution in [2.45, 2.75) is 25.8 Å². The van der Waals surface area contributed by atoms with Crippen LogP contribution in [-0.2, 0) is 0 Å². The quantitative estimate of drug-likeness (QED) is 0.637. The number of rotatable bonds is 4. The van der Waals surface area contributed by atoms with Gasteiger partial charge < -0.3 is 11.1 Å². The van der Waals surface area contributed by atoms with E-state index in [4.69, 9.17) is 5.73 Å². The first kappa shape index (κ1) is 9.22. The molecule has 13 heavy (non-hydrogen) atoms. The minimum atomic E-state index is 0.642. The maximum Gasteiger partial charge on any atom is 0.00771 e. The summed E-state index contributed by atoms with van der Waals surface area (Å²) in [6, 6.07) is 0.642. The molecule has 0 amide bonds. The molecule has 0 saturated heterocycles. The Labute approximate surface area is 80.6 Å². The highest BCUT2D eigenvalue weighted by Gasteiger charge is 2.37. The van der Waals surface area contributed by atoms with E-state index in [0.717, 1.165) is 30.8 Å². The molecule has 0 aromatic heterocycles. The number of allylic oxidation sites excluding steroid dienone is 2. The summed E-state index contributed by atoms with van der Waals surface area (Å²) in [5.41, 5.74) is 5.47. The summed E-state index contributed by atoms with van der Waals surface area (Å²) in [7, 11) is 0. The van der Waals surface area contributed by atoms with E-state index in [2.05, 4.69) is 24.4 Å². The van der Waals surface area contributed by atoms with Crippen LogP contribution in [0.25, 0.3) is 0 Å². The largest absolute Gasteiger partial charge is 0.329 e. The van der Waals surface area contributed by atoms with E-state index in [1.54, 1.807) is 0 Å². The van der Waals surface area contributed by atoms with Crippen molar-refractivity contribution < 1.29 is 0 Å². The topological polar surface area (TPSA) is 38.0 Å². The number of hydrogen-bond acceptors (Lipinski definition) is 2. The highest BCUT2D eigenvalue weighted by atomic mass is 14.9. The lowest BCUT2D eigenvalue weighted by Gasteiger charge is -2.26. The van der Waals surface area contributed by atoms with E-state index in [9.17, 15) is 0 Å². The Morgan fingerprint density at radius 3 is 2.85 bits per heavy atom. The SMILES string of the molecule is CC(NCCN)C1CC2C=CC1C2. The van der Waals surface area contributed by atoms with Gasteiger partial charge in [0.05, 0.1) is 0 Å². The average Bonchev–Trinajstić information content (AvgIpc) is 2.74. The first-order valence-corrected chi connectivity index (χ1v) is 5.43. The normalized spacial score (nSPS) is 38.5. The van der Waals surface area contributed by atoms with Crippen molar-refractivity contribution in [1.29, 1.82) is 0 Å². The monoisotopic (exact) mass is 180 g/mol. The van der Waals surface area contributed by atoms with Crippen LogP contribution in [0.3, 0.4) is 0 Å². The van der Waals surface area contributed by atoms with Gasteiger partial charge in [0.25, 0.3) is 0 Å². The molecular formula is C11H20N2. The summed E-state index contributed by atoms with van der Waals surface area (Å²) >= 11 is 0. The Morgan fingerprint density at radius 1 is 1.46 bits per heavy atom. The van der Waals surface area contributed by atoms with E-state index in [0.29, 0.717) is 6.04 Å². The van der Waals surface area contributed by atoms with Crippen LogP contribution in [0, 0.1) is 17.8 Å². The minimum absolute atomic E-state index is 0.642. The van der Waals surface area contributed by atoms with Crippen LogP contribution in [0.15, 0.2) is 12.2 Å². The van der Waals surface area contributed by atoms with Gasteiger partial charge in [-0.1, -0.05) is 12.2 Å². The molecule has 0 radical (unpaired) electrons. The zero-order chi connectivity index (χ0) is 9.26. The van der Waals surface area contributed by atoms with Crippen LogP contribution in [0.5, 0.6) is 0 Å². The van der Waals surface area contributed by atoms with Crippen LogP contribution in [0.4, 0.5) is 0 Å². The van der Waals surface area contributed by atoms with Crippen LogP contribution in [0.2, 0.25) is 0 Å². The summed E-state index contributed by atoms with van der Waals surface area (Å²) < 4.78 is 0. The van der Waals surface area contributed by atoms with Gasteiger partial charge in [0, 0.05) is 19.1 Å². The third kappa shape index (κ3) is 1.79. The maximum atomic E-state index is 5.47. The molecule has 2 rings (SSSR count). The standard InChI is InChI=1S/C11H20N2/c1-8(13-5-4-12)11-7-9-2-3-10(11)6-9/h2-3,8-11,13H,4-7,12H2,1H3. The van der Waals surface area contributed by atoms with E-state index in [-0.39, 0.29) is 0 Å². The second-order valence-corrected chi connectivity index (χ2v) is 4.48. The predicted octanol–water partition coefficient (Wildman–Crippen LogP) is 1.14. The summed E-state index contributed by atoms with van der Waals surface area (Å²) in [4.78, 5) is 0. The summed E-state index contributed by atoms with van der Waals surface area (Å²) in [6.07, 6.45) is 7.61. The van der Waals surface area contributed by atoms with Crippen LogP contribution in [-0.4, -0.2) is 19.1 Å². The summed E-state index contributed by atoms with van der Waals surface area (Å²) in [5.74, 6) is 2.60. The number of nitrogens with two attached hydrogens (primary N) is 1. The van der Waals surface area contributed by atoms with Gasteiger partial charge in [0.15, 0.2) is 0 Å². The Bertz CT molecular complexity index is 200. The molecular weight excluding hydrogens is 160 g/mol. The molecule has 74 valence electrons. The Morgan fingerprint density at radius 2 is 2.31 bits per heavy atom. The van der Waals surface area contributed by atoms with Gasteiger partial charge in [0.2, 0.25) is 0 Å². The number of fused-ring (bicyclic) bond motifs is 2. The second kappa shape index (κ2) is 3.81. The molecule has 0 aliphatic heterocycles. The zero-order valence-corrected chi connectivity index (χ0v) is 8.37. The van der Waals surface area contributed by atoms with E-state index < -0.39 is 0 Å². The molecule has 2 aliphatic rings. The number of nitrogens with one attached hydrogen (secondary N) is 1. The molecule has 0 spiro atoms. The zero-order valence-electron chi connectivity index (χ0n) is 8.37. The molecule has 0 aromatic rings. The van der Waals surface area contributed by atoms with Gasteiger partial charge >= 0.3 is 0 Å². The number of hydrogen-bond donors (Lipinski definition) is 2. The molecule has 0 aromatic carbocycles. The van der Waals surface area contributed by atoms with Crippen LogP contribution < -0.4 is 11.1 Å². The lowest BCUT2D eigenvalue weighted by Crippen LogP contribution is -2.38. The Kier molecular flexibility index (Phi) is 2.70. The fraction of sp³-hybridized carbons (Fsp3) is 0.818. The Balaban J connectivity index is 1.84. The van der Waals surface area contributed by atoms with Crippen LogP contribution >= 0.6 is 0 Å². The van der Waals surface area contributed by atoms with Crippen molar-refractivity contribution in [3.8, 4) is 0 Å². The summed E-state index contributed by atoms with van der Waals surface area (Å²) in [5, 5.41) is 3.50. The van der Waals surface area contributed by atoms with Gasteiger partial charge in [-0.2, -0.15) is 0 Å². The molecule has 2 bridgehead atoms. The predicted molar refractivity (Wildman–Crippen MR) is 55.4 cm³/mol. The molecule has 2 aliphatic carbocycles. The van der Waals surface area contributed by atoms with Crippen molar-refractivity contribution in [2.75, 3.05) is 13.1 Å². The molecule has 1 fully saturated rings. The Hall–Kier alpha value is -0.340. The lowest BCUT2D eigenvalue weighted by molar-refractivity contribution is 0.330. The molecule has 2 heteroatoms. The molecule has 2 nitrogen and oxygen atoms in total. The average molecular weight is 180 g/mol. The lowest BCUT2D eigenvalue weighted by atomic mass is 9.87. The van der Waals surface area contributed by atoms with Crippen LogP contribution in [0.1, 0.15) is 19.8 Å². The first-order valence-electron chi connectivity index (χ1n) is 5.43. The van der Waals surface area contributed by atoms with Gasteiger partial charge in [0.1, 0.15) is 0 Å². The van der Waals surface area contributed by atoms with E-state index >= 15 is 0 Å². The van der Waals surface area contributed by atoms with Gasteiger partial charge in [-0.15, -0.1) is 0 Å². The van der Waals surface area contributed by atoms with Crippen molar-refractivity contribution in [2.24, 2.45) is 23.5 Å². The van der Waals surface area contributed by atoms with Crippen molar-refractivity contribution in [1.82, 2.24) is 5.32 Å². The molecule has 4 unspecified atom stereocenters. The van der Waals surface area contributed by atoms with E-state index in [1.807, 2.05) is 0 Å². The highest BCUT2D eigenvalue weighted by molar-refractivity contribution is 5.11. The third-order valence-corrected chi connectivity index (χ3v) is 3.58.